The standard InChI is InChI=1S/C21H26N2O4/c1-15-8-9-17(19(14-15)27-3)21(25)23-12-10-22(11-13-23)20(24)16-6-4-5-7-18(16)26-2/h4-7,9,14-15H,8,10-13H2,1-3H3. The van der Waals surface area contributed by atoms with E-state index in [0.717, 1.165) is 6.42 Å². The third-order valence-corrected chi connectivity index (χ3v) is 5.04. The number of hydrogen-bond donors (Lipinski definition) is 0. The van der Waals surface area contributed by atoms with Crippen LogP contribution in [0.1, 0.15) is 23.7 Å². The van der Waals surface area contributed by atoms with Gasteiger partial charge in [-0.3, -0.25) is 9.59 Å². The quantitative estimate of drug-likeness (QED) is 0.817. The highest BCUT2D eigenvalue weighted by Gasteiger charge is 2.29. The molecular weight excluding hydrogens is 344 g/mol. The van der Waals surface area contributed by atoms with Gasteiger partial charge >= 0.3 is 0 Å². The van der Waals surface area contributed by atoms with Crippen molar-refractivity contribution in [3.05, 3.63) is 53.3 Å². The first-order valence-corrected chi connectivity index (χ1v) is 9.23. The predicted octanol–water partition coefficient (Wildman–Crippen LogP) is 2.48. The Balaban J connectivity index is 1.64. The molecule has 1 unspecified atom stereocenters. The van der Waals surface area contributed by atoms with Crippen molar-refractivity contribution in [2.75, 3.05) is 40.4 Å². The van der Waals surface area contributed by atoms with Crippen LogP contribution in [0.4, 0.5) is 0 Å². The fraction of sp³-hybridized carbons (Fsp3) is 0.429. The molecule has 1 saturated heterocycles. The van der Waals surface area contributed by atoms with Crippen molar-refractivity contribution < 1.29 is 19.1 Å². The van der Waals surface area contributed by atoms with E-state index in [1.54, 1.807) is 36.2 Å². The number of piperazine rings is 1. The van der Waals surface area contributed by atoms with Gasteiger partial charge in [-0.25, -0.2) is 0 Å². The summed E-state index contributed by atoms with van der Waals surface area (Å²) in [5, 5.41) is 0. The minimum absolute atomic E-state index is 0.0283. The maximum Gasteiger partial charge on any atom is 0.257 e. The number of ether oxygens (including phenoxy) is 2. The average molecular weight is 370 g/mol. The summed E-state index contributed by atoms with van der Waals surface area (Å²) in [6.07, 6.45) is 4.78. The van der Waals surface area contributed by atoms with E-state index in [4.69, 9.17) is 9.47 Å². The van der Waals surface area contributed by atoms with E-state index >= 15 is 0 Å². The zero-order chi connectivity index (χ0) is 19.4. The molecule has 0 aromatic heterocycles. The van der Waals surface area contributed by atoms with Gasteiger partial charge in [-0.2, -0.15) is 0 Å². The normalized spacial score (nSPS) is 19.9. The van der Waals surface area contributed by atoms with Gasteiger partial charge in [-0.15, -0.1) is 0 Å². The molecule has 1 aromatic rings. The number of benzene rings is 1. The first kappa shape index (κ1) is 19.0. The lowest BCUT2D eigenvalue weighted by Crippen LogP contribution is -2.51. The van der Waals surface area contributed by atoms with Crippen LogP contribution in [-0.2, 0) is 9.53 Å². The summed E-state index contributed by atoms with van der Waals surface area (Å²) in [4.78, 5) is 29.2. The molecule has 2 amide bonds. The highest BCUT2D eigenvalue weighted by atomic mass is 16.5. The van der Waals surface area contributed by atoms with E-state index in [9.17, 15) is 9.59 Å². The third kappa shape index (κ3) is 3.99. The van der Waals surface area contributed by atoms with E-state index in [1.807, 2.05) is 24.3 Å². The van der Waals surface area contributed by atoms with Gasteiger partial charge in [-0.05, 0) is 30.5 Å². The smallest absolute Gasteiger partial charge is 0.257 e. The lowest BCUT2D eigenvalue weighted by Gasteiger charge is -2.35. The molecule has 1 atom stereocenters. The maximum atomic E-state index is 12.9. The first-order valence-electron chi connectivity index (χ1n) is 9.23. The molecule has 1 aliphatic carbocycles. The van der Waals surface area contributed by atoms with Crippen molar-refractivity contribution in [1.29, 1.82) is 0 Å². The molecule has 6 heteroatoms. The highest BCUT2D eigenvalue weighted by molar-refractivity contribution is 5.99. The molecule has 144 valence electrons. The Labute approximate surface area is 160 Å². The Morgan fingerprint density at radius 2 is 1.59 bits per heavy atom. The third-order valence-electron chi connectivity index (χ3n) is 5.04. The van der Waals surface area contributed by atoms with Gasteiger partial charge in [-0.1, -0.05) is 25.1 Å². The molecule has 1 aliphatic heterocycles. The van der Waals surface area contributed by atoms with E-state index in [2.05, 4.69) is 6.92 Å². The second kappa shape index (κ2) is 8.29. The number of carbonyl (C=O) groups excluding carboxylic acids is 2. The molecule has 1 heterocycles. The molecule has 0 saturated carbocycles. The van der Waals surface area contributed by atoms with Crippen molar-refractivity contribution in [2.24, 2.45) is 5.92 Å². The van der Waals surface area contributed by atoms with Gasteiger partial charge in [0, 0.05) is 26.2 Å². The van der Waals surface area contributed by atoms with Gasteiger partial charge in [0.05, 0.1) is 25.4 Å². The largest absolute Gasteiger partial charge is 0.496 e. The second-order valence-electron chi connectivity index (χ2n) is 6.85. The Kier molecular flexibility index (Phi) is 5.84. The van der Waals surface area contributed by atoms with Crippen LogP contribution in [0, 0.1) is 5.92 Å². The van der Waals surface area contributed by atoms with Gasteiger partial charge < -0.3 is 19.3 Å². The van der Waals surface area contributed by atoms with Crippen LogP contribution in [0.2, 0.25) is 0 Å². The lowest BCUT2D eigenvalue weighted by molar-refractivity contribution is -0.128. The molecule has 2 aliphatic rings. The fourth-order valence-corrected chi connectivity index (χ4v) is 3.47. The van der Waals surface area contributed by atoms with Crippen LogP contribution < -0.4 is 4.74 Å². The predicted molar refractivity (Wildman–Crippen MR) is 102 cm³/mol. The van der Waals surface area contributed by atoms with E-state index in [0.29, 0.717) is 54.7 Å². The Hall–Kier alpha value is -2.76. The van der Waals surface area contributed by atoms with Crippen LogP contribution >= 0.6 is 0 Å². The Morgan fingerprint density at radius 3 is 2.22 bits per heavy atom. The number of nitrogens with zero attached hydrogens (tertiary/aromatic N) is 2. The topological polar surface area (TPSA) is 59.1 Å². The molecule has 27 heavy (non-hydrogen) atoms. The molecule has 0 N–H and O–H groups in total. The molecule has 1 fully saturated rings. The molecule has 6 nitrogen and oxygen atoms in total. The Bertz CT molecular complexity index is 776. The van der Waals surface area contributed by atoms with Crippen molar-refractivity contribution in [3.8, 4) is 5.75 Å². The molecule has 3 rings (SSSR count). The van der Waals surface area contributed by atoms with Crippen molar-refractivity contribution in [3.63, 3.8) is 0 Å². The van der Waals surface area contributed by atoms with Crippen LogP contribution in [0.5, 0.6) is 5.75 Å². The summed E-state index contributed by atoms with van der Waals surface area (Å²) in [6.45, 7) is 4.10. The van der Waals surface area contributed by atoms with Crippen LogP contribution in [0.25, 0.3) is 0 Å². The summed E-state index contributed by atoms with van der Waals surface area (Å²) in [6, 6.07) is 7.21. The Morgan fingerprint density at radius 1 is 0.963 bits per heavy atom. The minimum atomic E-state index is -0.0669. The number of para-hydroxylation sites is 1. The average Bonchev–Trinajstić information content (AvgIpc) is 2.72. The summed E-state index contributed by atoms with van der Waals surface area (Å²) >= 11 is 0. The molecule has 0 radical (unpaired) electrons. The van der Waals surface area contributed by atoms with Crippen LogP contribution in [-0.4, -0.2) is 62.0 Å². The second-order valence-corrected chi connectivity index (χ2v) is 6.85. The summed E-state index contributed by atoms with van der Waals surface area (Å²) in [5.41, 5.74) is 1.17. The first-order chi connectivity index (χ1) is 13.0. The monoisotopic (exact) mass is 370 g/mol. The highest BCUT2D eigenvalue weighted by Crippen LogP contribution is 2.26. The fourth-order valence-electron chi connectivity index (χ4n) is 3.47. The van der Waals surface area contributed by atoms with E-state index < -0.39 is 0 Å². The molecule has 1 aromatic carbocycles. The van der Waals surface area contributed by atoms with Crippen molar-refractivity contribution in [1.82, 2.24) is 9.80 Å². The zero-order valence-electron chi connectivity index (χ0n) is 16.1. The van der Waals surface area contributed by atoms with Crippen LogP contribution in [0.15, 0.2) is 47.7 Å². The lowest BCUT2D eigenvalue weighted by atomic mass is 9.96. The number of methoxy groups -OCH3 is 2. The molecule has 0 bridgehead atoms. The zero-order valence-corrected chi connectivity index (χ0v) is 16.1. The van der Waals surface area contributed by atoms with Crippen molar-refractivity contribution >= 4 is 11.8 Å². The maximum absolute atomic E-state index is 12.9. The van der Waals surface area contributed by atoms with E-state index in [-0.39, 0.29) is 11.8 Å². The van der Waals surface area contributed by atoms with Gasteiger partial charge in [0.25, 0.3) is 11.8 Å². The summed E-state index contributed by atoms with van der Waals surface area (Å²) < 4.78 is 10.7. The van der Waals surface area contributed by atoms with Crippen molar-refractivity contribution in [2.45, 2.75) is 13.3 Å². The minimum Gasteiger partial charge on any atom is -0.496 e. The number of amides is 2. The number of hydrogen-bond acceptors (Lipinski definition) is 4. The summed E-state index contributed by atoms with van der Waals surface area (Å²) in [7, 11) is 3.15. The van der Waals surface area contributed by atoms with Crippen LogP contribution in [0.3, 0.4) is 0 Å². The SMILES string of the molecule is COC1=CC(C)CC=C1C(=O)N1CCN(C(=O)c2ccccc2OC)CC1. The number of allylic oxidation sites excluding steroid dienone is 2. The van der Waals surface area contributed by atoms with Gasteiger partial charge in [0.15, 0.2) is 0 Å². The van der Waals surface area contributed by atoms with Gasteiger partial charge in [0.2, 0.25) is 0 Å². The number of carbonyl (C=O) groups is 2. The van der Waals surface area contributed by atoms with E-state index in [1.165, 1.54) is 0 Å². The molecule has 0 spiro atoms. The summed E-state index contributed by atoms with van der Waals surface area (Å²) in [5.74, 6) is 1.48. The number of rotatable bonds is 4. The van der Waals surface area contributed by atoms with Gasteiger partial charge in [0.1, 0.15) is 11.5 Å². The molecular formula is C21H26N2O4.